The van der Waals surface area contributed by atoms with Gasteiger partial charge in [0.1, 0.15) is 11.8 Å². The molecule has 15 nitrogen and oxygen atoms in total. The van der Waals surface area contributed by atoms with Crippen LogP contribution in [0.4, 0.5) is 16.3 Å². The Morgan fingerprint density at radius 3 is 2.06 bits per heavy atom. The van der Waals surface area contributed by atoms with E-state index in [0.717, 1.165) is 87.2 Å². The number of phenols is 1. The van der Waals surface area contributed by atoms with Gasteiger partial charge < -0.3 is 45.6 Å². The van der Waals surface area contributed by atoms with Gasteiger partial charge in [-0.3, -0.25) is 14.5 Å². The summed E-state index contributed by atoms with van der Waals surface area (Å²) in [7, 11) is 1.89. The molecule has 2 atom stereocenters. The van der Waals surface area contributed by atoms with Gasteiger partial charge in [-0.2, -0.15) is 0 Å². The van der Waals surface area contributed by atoms with E-state index in [1.54, 1.807) is 11.0 Å². The molecular weight excluding hydrogens is 855 g/mol. The molecular formula is C53H75N11O4. The number of terminal acetylenes is 1. The molecule has 0 bridgehead atoms. The van der Waals surface area contributed by atoms with Gasteiger partial charge in [0.25, 0.3) is 0 Å². The van der Waals surface area contributed by atoms with Gasteiger partial charge in [0, 0.05) is 100 Å². The number of rotatable bonds is 11. The second-order valence-corrected chi connectivity index (χ2v) is 21.3. The lowest BCUT2D eigenvalue weighted by molar-refractivity contribution is -0.131. The molecule has 68 heavy (non-hydrogen) atoms. The van der Waals surface area contributed by atoms with Crippen LogP contribution in [0.2, 0.25) is 0 Å². The fourth-order valence-corrected chi connectivity index (χ4v) is 11.3. The molecule has 0 radical (unpaired) electrons. The number of hydrogen-bond donors (Lipinski definition) is 4. The van der Waals surface area contributed by atoms with E-state index in [0.29, 0.717) is 41.8 Å². The van der Waals surface area contributed by atoms with Crippen LogP contribution >= 0.6 is 0 Å². The average Bonchev–Trinajstić information content (AvgIpc) is 3.82. The van der Waals surface area contributed by atoms with Crippen LogP contribution in [-0.4, -0.2) is 167 Å². The molecule has 3 aromatic rings. The number of hydrogen-bond acceptors (Lipinski definition) is 11. The normalized spacial score (nSPS) is 22.3. The average molecular weight is 930 g/mol. The molecule has 2 aromatic carbocycles. The summed E-state index contributed by atoms with van der Waals surface area (Å²) >= 11 is 0. The molecule has 1 spiro atoms. The van der Waals surface area contributed by atoms with Gasteiger partial charge in [0.05, 0.1) is 11.4 Å². The molecule has 5 saturated heterocycles. The number of phenolic OH excluding ortho intramolecular Hbond substituents is 1. The molecule has 1 aliphatic carbocycles. The predicted octanol–water partition coefficient (Wildman–Crippen LogP) is 5.46. The van der Waals surface area contributed by atoms with Gasteiger partial charge in [-0.15, -0.1) is 16.6 Å². The van der Waals surface area contributed by atoms with Crippen LogP contribution < -0.4 is 20.9 Å². The maximum atomic E-state index is 12.7. The fraction of sp³-hybridized carbons (Fsp3) is 0.604. The molecule has 6 heterocycles. The van der Waals surface area contributed by atoms with E-state index in [-0.39, 0.29) is 35.2 Å². The lowest BCUT2D eigenvalue weighted by Gasteiger charge is -2.61. The summed E-state index contributed by atoms with van der Waals surface area (Å²) in [6, 6.07) is 18.9. The number of anilines is 2. The molecule has 6 fully saturated rings. The number of carbonyl (C=O) groups is 3. The highest BCUT2D eigenvalue weighted by Gasteiger charge is 2.55. The van der Waals surface area contributed by atoms with Gasteiger partial charge >= 0.3 is 6.03 Å². The number of benzene rings is 2. The maximum absolute atomic E-state index is 12.7. The van der Waals surface area contributed by atoms with E-state index in [4.69, 9.17) is 6.42 Å². The van der Waals surface area contributed by atoms with Crippen molar-refractivity contribution in [3.05, 3.63) is 65.7 Å². The largest absolute Gasteiger partial charge is 0.507 e. The predicted molar refractivity (Wildman–Crippen MR) is 268 cm³/mol. The summed E-state index contributed by atoms with van der Waals surface area (Å²) in [5.74, 6) is 3.46. The second kappa shape index (κ2) is 21.5. The number of carbonyl (C=O) groups excluding carboxylic acids is 3. The summed E-state index contributed by atoms with van der Waals surface area (Å²) in [6.07, 6.45) is 15.3. The summed E-state index contributed by atoms with van der Waals surface area (Å²) in [5.41, 5.74) is 4.73. The van der Waals surface area contributed by atoms with Crippen LogP contribution in [-0.2, 0) is 16.1 Å². The third-order valence-electron chi connectivity index (χ3n) is 16.0. The monoisotopic (exact) mass is 930 g/mol. The van der Waals surface area contributed by atoms with E-state index in [1.165, 1.54) is 64.7 Å². The Hall–Kier alpha value is -5.43. The molecule has 1 saturated carbocycles. The van der Waals surface area contributed by atoms with Crippen molar-refractivity contribution in [3.63, 3.8) is 0 Å². The fourth-order valence-electron chi connectivity index (χ4n) is 11.3. The van der Waals surface area contributed by atoms with Crippen molar-refractivity contribution in [2.45, 2.75) is 116 Å². The van der Waals surface area contributed by atoms with Gasteiger partial charge in [-0.1, -0.05) is 51.0 Å². The number of likely N-dealkylation sites (tertiary alicyclic amines) is 4. The van der Waals surface area contributed by atoms with Crippen molar-refractivity contribution in [1.82, 2.24) is 45.3 Å². The third kappa shape index (κ3) is 11.4. The van der Waals surface area contributed by atoms with Crippen molar-refractivity contribution >= 4 is 29.9 Å². The Bertz CT molecular complexity index is 2220. The van der Waals surface area contributed by atoms with Crippen LogP contribution in [0.15, 0.2) is 54.6 Å². The van der Waals surface area contributed by atoms with Crippen LogP contribution in [0.5, 0.6) is 5.75 Å². The number of aromatic nitrogens is 2. The number of piperazine rings is 1. The summed E-state index contributed by atoms with van der Waals surface area (Å²) in [4.78, 5) is 49.8. The van der Waals surface area contributed by atoms with Crippen LogP contribution in [0, 0.1) is 23.2 Å². The third-order valence-corrected chi connectivity index (χ3v) is 16.0. The van der Waals surface area contributed by atoms with Crippen molar-refractivity contribution in [2.75, 3.05) is 89.3 Å². The Balaban J connectivity index is 0.000000275. The highest BCUT2D eigenvalue weighted by Crippen LogP contribution is 2.51. The highest BCUT2D eigenvalue weighted by molar-refractivity contribution is 5.84. The lowest BCUT2D eigenvalue weighted by atomic mass is 9.60. The van der Waals surface area contributed by atoms with Gasteiger partial charge in [0.15, 0.2) is 5.82 Å². The quantitative estimate of drug-likeness (QED) is 0.144. The topological polar surface area (TPSA) is 153 Å². The second-order valence-electron chi connectivity index (χ2n) is 21.3. The van der Waals surface area contributed by atoms with Gasteiger partial charge in [-0.25, -0.2) is 4.79 Å². The zero-order chi connectivity index (χ0) is 48.0. The Morgan fingerprint density at radius 2 is 1.47 bits per heavy atom. The van der Waals surface area contributed by atoms with E-state index in [1.807, 2.05) is 54.4 Å². The first kappa shape index (κ1) is 49.0. The zero-order valence-corrected chi connectivity index (χ0v) is 41.1. The molecule has 4 N–H and O–H groups in total. The maximum Gasteiger partial charge on any atom is 0.317 e. The minimum absolute atomic E-state index is 0.0802. The van der Waals surface area contributed by atoms with E-state index >= 15 is 0 Å². The molecule has 5 aliphatic heterocycles. The first-order valence-electron chi connectivity index (χ1n) is 25.2. The number of para-hydroxylation sites is 1. The Labute approximate surface area is 404 Å². The zero-order valence-electron chi connectivity index (χ0n) is 41.1. The van der Waals surface area contributed by atoms with Crippen LogP contribution in [0.25, 0.3) is 11.3 Å². The number of nitrogens with zero attached hydrogens (tertiary/aromatic N) is 8. The molecule has 9 rings (SSSR count). The minimum Gasteiger partial charge on any atom is -0.507 e. The van der Waals surface area contributed by atoms with Gasteiger partial charge in [0.2, 0.25) is 12.3 Å². The van der Waals surface area contributed by atoms with E-state index in [2.05, 4.69) is 85.4 Å². The van der Waals surface area contributed by atoms with Crippen molar-refractivity contribution < 1.29 is 19.5 Å². The summed E-state index contributed by atoms with van der Waals surface area (Å²) < 4.78 is 0. The molecule has 2 unspecified atom stereocenters. The highest BCUT2D eigenvalue weighted by atomic mass is 16.3. The summed E-state index contributed by atoms with van der Waals surface area (Å²) in [6.45, 7) is 20.6. The first-order chi connectivity index (χ1) is 32.8. The number of nitrogens with one attached hydrogen (secondary N) is 3. The summed E-state index contributed by atoms with van der Waals surface area (Å²) in [5, 5.41) is 28.5. The van der Waals surface area contributed by atoms with E-state index in [9.17, 15) is 19.5 Å². The Morgan fingerprint density at radius 1 is 0.853 bits per heavy atom. The van der Waals surface area contributed by atoms with Crippen molar-refractivity contribution in [3.8, 4) is 29.4 Å². The number of amides is 4. The van der Waals surface area contributed by atoms with Crippen LogP contribution in [0.1, 0.15) is 90.2 Å². The first-order valence-corrected chi connectivity index (χ1v) is 25.2. The van der Waals surface area contributed by atoms with Crippen molar-refractivity contribution in [2.24, 2.45) is 10.8 Å². The molecule has 4 amide bonds. The SMILES string of the molecule is C#Cc1ccc(CNC(=O)C2CCCN2C=O)cc1.CNc1nnc(-c2ccccc2O)cc1N1CCN(C2CCN(C3CCN(C4CC5(C4)CN(C(=O)NC(C)C(C)(C)C)C5)CC3)CC2)CC1. The van der Waals surface area contributed by atoms with Gasteiger partial charge in [-0.05, 0) is 126 Å². The van der Waals surface area contributed by atoms with Crippen LogP contribution in [0.3, 0.4) is 0 Å². The smallest absolute Gasteiger partial charge is 0.317 e. The molecule has 6 aliphatic rings. The molecule has 1 aromatic heterocycles. The van der Waals surface area contributed by atoms with Crippen molar-refractivity contribution in [1.29, 1.82) is 0 Å². The number of piperidine rings is 2. The number of aromatic hydroxyl groups is 1. The van der Waals surface area contributed by atoms with E-state index < -0.39 is 0 Å². The molecule has 366 valence electrons. The standard InChI is InChI=1S/C38H59N9O2.C15H16N2O2/c1-27(37(2,3)4)40-36(49)47-25-38(26-47)23-30(24-38)44-16-12-28(13-17-44)43-14-10-29(11-15-43)45-18-20-46(21-19-45)33-22-32(41-42-35(33)39-5)31-8-6-7-9-34(31)48;1-2-12-5-7-13(8-6-12)10-16-15(19)14-4-3-9-17(14)11-18/h6-9,22,27-30,48H,10-21,23-26H2,1-5H3,(H,39,42)(H,40,49);1,5-8,11,14H,3-4,9-10H2,(H,16,19). The number of urea groups is 1. The Kier molecular flexibility index (Phi) is 15.5. The lowest BCUT2D eigenvalue weighted by Crippen LogP contribution is -2.69. The minimum atomic E-state index is -0.317. The molecule has 15 heteroatoms.